The van der Waals surface area contributed by atoms with Crippen LogP contribution < -0.4 is 4.72 Å². The highest BCUT2D eigenvalue weighted by Crippen LogP contribution is 2.23. The third-order valence-corrected chi connectivity index (χ3v) is 5.26. The summed E-state index contributed by atoms with van der Waals surface area (Å²) in [7, 11) is -3.22. The number of pyridine rings is 1. The molecule has 3 rings (SSSR count). The molecule has 2 aromatic heterocycles. The van der Waals surface area contributed by atoms with Crippen LogP contribution in [0, 0.1) is 0 Å². The van der Waals surface area contributed by atoms with Gasteiger partial charge in [0.15, 0.2) is 5.65 Å². The van der Waals surface area contributed by atoms with E-state index < -0.39 is 10.0 Å². The van der Waals surface area contributed by atoms with Crippen molar-refractivity contribution in [2.45, 2.75) is 19.9 Å². The van der Waals surface area contributed by atoms with E-state index in [1.54, 1.807) is 6.20 Å². The van der Waals surface area contributed by atoms with Gasteiger partial charge in [-0.25, -0.2) is 23.1 Å². The summed E-state index contributed by atoms with van der Waals surface area (Å²) >= 11 is 0. The van der Waals surface area contributed by atoms with E-state index in [4.69, 9.17) is 0 Å². The first-order valence-corrected chi connectivity index (χ1v) is 9.60. The molecule has 3 aromatic rings. The molecule has 1 N–H and O–H groups in total. The van der Waals surface area contributed by atoms with Gasteiger partial charge < -0.3 is 4.57 Å². The summed E-state index contributed by atoms with van der Waals surface area (Å²) in [5.41, 5.74) is 2.53. The number of benzene rings is 1. The SMILES string of the molecule is CCCS(=O)(=O)NCCn1c(-c2ccccc2)nc2cccnc21. The normalized spacial score (nSPS) is 11.9. The number of imidazole rings is 1. The Labute approximate surface area is 141 Å². The van der Waals surface area contributed by atoms with E-state index in [0.29, 0.717) is 19.5 Å². The van der Waals surface area contributed by atoms with Crippen LogP contribution in [0.15, 0.2) is 48.7 Å². The molecular weight excluding hydrogens is 324 g/mol. The van der Waals surface area contributed by atoms with Gasteiger partial charge in [-0.2, -0.15) is 0 Å². The molecule has 2 heterocycles. The molecule has 0 radical (unpaired) electrons. The van der Waals surface area contributed by atoms with E-state index in [2.05, 4.69) is 14.7 Å². The van der Waals surface area contributed by atoms with Crippen LogP contribution in [0.5, 0.6) is 0 Å². The second kappa shape index (κ2) is 7.11. The molecule has 0 spiro atoms. The van der Waals surface area contributed by atoms with Crippen molar-refractivity contribution in [2.24, 2.45) is 0 Å². The first kappa shape index (κ1) is 16.6. The summed E-state index contributed by atoms with van der Waals surface area (Å²) in [5, 5.41) is 0. The number of hydrogen-bond donors (Lipinski definition) is 1. The van der Waals surface area contributed by atoms with Gasteiger partial charge in [0.05, 0.1) is 5.75 Å². The maximum atomic E-state index is 11.8. The highest BCUT2D eigenvalue weighted by Gasteiger charge is 2.14. The number of nitrogens with zero attached hydrogens (tertiary/aromatic N) is 3. The molecule has 7 heteroatoms. The Bertz CT molecular complexity index is 920. The highest BCUT2D eigenvalue weighted by molar-refractivity contribution is 7.89. The Morgan fingerprint density at radius 1 is 1.12 bits per heavy atom. The second-order valence-corrected chi connectivity index (χ2v) is 7.44. The maximum Gasteiger partial charge on any atom is 0.211 e. The largest absolute Gasteiger partial charge is 0.307 e. The fourth-order valence-corrected chi connectivity index (χ4v) is 3.72. The molecule has 24 heavy (non-hydrogen) atoms. The summed E-state index contributed by atoms with van der Waals surface area (Å²) in [6.07, 6.45) is 2.32. The van der Waals surface area contributed by atoms with E-state index in [1.807, 2.05) is 54.0 Å². The lowest BCUT2D eigenvalue weighted by Gasteiger charge is -2.10. The molecule has 1 aromatic carbocycles. The van der Waals surface area contributed by atoms with Crippen LogP contribution in [0.2, 0.25) is 0 Å². The average Bonchev–Trinajstić information content (AvgIpc) is 2.94. The zero-order valence-electron chi connectivity index (χ0n) is 13.5. The van der Waals surface area contributed by atoms with Crippen molar-refractivity contribution < 1.29 is 8.42 Å². The topological polar surface area (TPSA) is 76.9 Å². The van der Waals surface area contributed by atoms with Gasteiger partial charge in [-0.15, -0.1) is 0 Å². The van der Waals surface area contributed by atoms with Crippen LogP contribution in [-0.2, 0) is 16.6 Å². The molecule has 0 saturated carbocycles. The van der Waals surface area contributed by atoms with E-state index >= 15 is 0 Å². The Hall–Kier alpha value is -2.25. The predicted octanol–water partition coefficient (Wildman–Crippen LogP) is 2.43. The fourth-order valence-electron chi connectivity index (χ4n) is 2.63. The minimum absolute atomic E-state index is 0.140. The smallest absolute Gasteiger partial charge is 0.211 e. The molecule has 0 aliphatic rings. The molecule has 6 nitrogen and oxygen atoms in total. The van der Waals surface area contributed by atoms with Gasteiger partial charge in [0, 0.05) is 24.8 Å². The summed E-state index contributed by atoms with van der Waals surface area (Å²) in [5.74, 6) is 0.931. The summed E-state index contributed by atoms with van der Waals surface area (Å²) in [6.45, 7) is 2.63. The average molecular weight is 344 g/mol. The van der Waals surface area contributed by atoms with Gasteiger partial charge in [0.2, 0.25) is 10.0 Å². The minimum Gasteiger partial charge on any atom is -0.307 e. The third kappa shape index (κ3) is 3.63. The van der Waals surface area contributed by atoms with Crippen LogP contribution >= 0.6 is 0 Å². The lowest BCUT2D eigenvalue weighted by atomic mass is 10.2. The van der Waals surface area contributed by atoms with Crippen molar-refractivity contribution in [3.05, 3.63) is 48.7 Å². The third-order valence-electron chi connectivity index (χ3n) is 3.67. The molecule has 0 amide bonds. The molecule has 0 aliphatic heterocycles. The van der Waals surface area contributed by atoms with Gasteiger partial charge in [0.1, 0.15) is 11.3 Å². The first-order chi connectivity index (χ1) is 11.6. The van der Waals surface area contributed by atoms with E-state index in [1.165, 1.54) is 0 Å². The highest BCUT2D eigenvalue weighted by atomic mass is 32.2. The van der Waals surface area contributed by atoms with Crippen molar-refractivity contribution in [3.63, 3.8) is 0 Å². The predicted molar refractivity (Wildman–Crippen MR) is 95.0 cm³/mol. The van der Waals surface area contributed by atoms with Crippen molar-refractivity contribution in [1.29, 1.82) is 0 Å². The first-order valence-electron chi connectivity index (χ1n) is 7.95. The van der Waals surface area contributed by atoms with Crippen LogP contribution in [0.4, 0.5) is 0 Å². The summed E-state index contributed by atoms with van der Waals surface area (Å²) < 4.78 is 28.2. The van der Waals surface area contributed by atoms with Gasteiger partial charge in [-0.05, 0) is 18.6 Å². The number of rotatable bonds is 7. The number of hydrogen-bond acceptors (Lipinski definition) is 4. The number of fused-ring (bicyclic) bond motifs is 1. The zero-order chi connectivity index (χ0) is 17.0. The molecule has 0 aliphatic carbocycles. The van der Waals surface area contributed by atoms with Crippen molar-refractivity contribution >= 4 is 21.2 Å². The monoisotopic (exact) mass is 344 g/mol. The van der Waals surface area contributed by atoms with Crippen molar-refractivity contribution in [1.82, 2.24) is 19.3 Å². The van der Waals surface area contributed by atoms with Crippen LogP contribution in [0.25, 0.3) is 22.6 Å². The van der Waals surface area contributed by atoms with E-state index in [-0.39, 0.29) is 5.75 Å². The molecule has 0 bridgehead atoms. The van der Waals surface area contributed by atoms with Crippen molar-refractivity contribution in [3.8, 4) is 11.4 Å². The molecule has 126 valence electrons. The Balaban J connectivity index is 1.91. The second-order valence-electron chi connectivity index (χ2n) is 5.51. The van der Waals surface area contributed by atoms with Crippen molar-refractivity contribution in [2.75, 3.05) is 12.3 Å². The molecular formula is C17H20N4O2S. The summed E-state index contributed by atoms with van der Waals surface area (Å²) in [4.78, 5) is 9.06. The van der Waals surface area contributed by atoms with E-state index in [0.717, 1.165) is 22.6 Å². The maximum absolute atomic E-state index is 11.8. The van der Waals surface area contributed by atoms with Crippen LogP contribution in [0.1, 0.15) is 13.3 Å². The standard InChI is InChI=1S/C17H20N4O2S/c1-2-13-24(22,23)19-11-12-21-16(14-7-4-3-5-8-14)20-15-9-6-10-18-17(15)21/h3-10,19H,2,11-13H2,1H3. The van der Waals surface area contributed by atoms with Gasteiger partial charge in [-0.3, -0.25) is 0 Å². The lowest BCUT2D eigenvalue weighted by Crippen LogP contribution is -2.29. The van der Waals surface area contributed by atoms with Crippen LogP contribution in [0.3, 0.4) is 0 Å². The quantitative estimate of drug-likeness (QED) is 0.714. The molecule has 0 fully saturated rings. The fraction of sp³-hybridized carbons (Fsp3) is 0.294. The number of aromatic nitrogens is 3. The number of sulfonamides is 1. The summed E-state index contributed by atoms with van der Waals surface area (Å²) in [6, 6.07) is 13.6. The van der Waals surface area contributed by atoms with Gasteiger partial charge >= 0.3 is 0 Å². The zero-order valence-corrected chi connectivity index (χ0v) is 14.3. The molecule has 0 atom stereocenters. The van der Waals surface area contributed by atoms with Gasteiger partial charge in [-0.1, -0.05) is 37.3 Å². The molecule has 0 unspecified atom stereocenters. The lowest BCUT2D eigenvalue weighted by molar-refractivity contribution is 0.573. The Kier molecular flexibility index (Phi) is 4.92. The van der Waals surface area contributed by atoms with Gasteiger partial charge in [0.25, 0.3) is 0 Å². The Morgan fingerprint density at radius 3 is 2.67 bits per heavy atom. The Morgan fingerprint density at radius 2 is 1.92 bits per heavy atom. The molecule has 0 saturated heterocycles. The number of nitrogens with one attached hydrogen (secondary N) is 1. The van der Waals surface area contributed by atoms with E-state index in [9.17, 15) is 8.42 Å². The minimum atomic E-state index is -3.22. The van der Waals surface area contributed by atoms with Crippen LogP contribution in [-0.4, -0.2) is 35.3 Å².